The molecule has 1 aromatic rings. The van der Waals surface area contributed by atoms with Gasteiger partial charge in [-0.1, -0.05) is 0 Å². The average molecular weight is 260 g/mol. The molecule has 1 N–H and O–H groups in total. The Kier molecular flexibility index (Phi) is 4.25. The predicted octanol–water partition coefficient (Wildman–Crippen LogP) is 3.15. The minimum absolute atomic E-state index is 1.03. The van der Waals surface area contributed by atoms with E-state index in [4.69, 9.17) is 0 Å². The average Bonchev–Trinajstić information content (AvgIpc) is 2.19. The normalized spacial score (nSPS) is 11.2. The zero-order valence-electron chi connectivity index (χ0n) is 8.16. The number of hydrogen-bond donors (Lipinski definition) is 1. The molecule has 13 heavy (non-hydrogen) atoms. The van der Waals surface area contributed by atoms with Crippen molar-refractivity contribution >= 4 is 26.4 Å². The van der Waals surface area contributed by atoms with Crippen molar-refractivity contribution < 1.29 is 0 Å². The molecule has 0 saturated carbocycles. The number of rotatable bonds is 4. The van der Waals surface area contributed by atoms with Crippen molar-refractivity contribution in [3.8, 4) is 0 Å². The third kappa shape index (κ3) is 3.31. The summed E-state index contributed by atoms with van der Waals surface area (Å²) in [5.74, 6) is 0. The summed E-state index contributed by atoms with van der Waals surface area (Å²) in [6.07, 6.45) is 2.41. The summed E-state index contributed by atoms with van der Waals surface area (Å²) in [6.45, 7) is 4.48. The van der Waals surface area contributed by atoms with Gasteiger partial charge in [-0.3, -0.25) is 0 Å². The number of nitrogens with one attached hydrogen (secondary N) is 1. The van der Waals surface area contributed by atoms with Gasteiger partial charge in [0.05, 0.1) is 0 Å². The Labute approximate surface area is 88.2 Å². The molecule has 72 valence electrons. The quantitative estimate of drug-likeness (QED) is 0.647. The summed E-state index contributed by atoms with van der Waals surface area (Å²) in [6, 6.07) is 10.4. The van der Waals surface area contributed by atoms with Crippen LogP contribution in [0, 0.1) is 0 Å². The molecule has 1 aromatic carbocycles. The molecule has 0 aliphatic heterocycles. The molecule has 0 aliphatic carbocycles. The van der Waals surface area contributed by atoms with E-state index in [0.717, 1.165) is 0 Å². The summed E-state index contributed by atoms with van der Waals surface area (Å²) in [7, 11) is 0. The van der Waals surface area contributed by atoms with Gasteiger partial charge in [0.25, 0.3) is 0 Å². The zero-order valence-corrected chi connectivity index (χ0v) is 10.8. The van der Waals surface area contributed by atoms with Gasteiger partial charge < -0.3 is 0 Å². The van der Waals surface area contributed by atoms with Crippen LogP contribution < -0.4 is 5.09 Å². The van der Waals surface area contributed by atoms with E-state index in [2.05, 4.69) is 58.3 Å². The van der Waals surface area contributed by atoms with Gasteiger partial charge in [-0.05, 0) is 0 Å². The van der Waals surface area contributed by atoms with Crippen molar-refractivity contribution in [3.63, 3.8) is 0 Å². The molecular weight excluding hydrogens is 244 g/mol. The van der Waals surface area contributed by atoms with E-state index in [1.165, 1.54) is 18.0 Å². The monoisotopic (exact) mass is 261 g/mol. The van der Waals surface area contributed by atoms with Crippen molar-refractivity contribution in [1.82, 2.24) is 0 Å². The van der Waals surface area contributed by atoms with E-state index in [-0.39, 0.29) is 0 Å². The van der Waals surface area contributed by atoms with Crippen molar-refractivity contribution in [2.24, 2.45) is 0 Å². The van der Waals surface area contributed by atoms with Crippen molar-refractivity contribution in [2.75, 3.05) is 17.4 Å². The van der Waals surface area contributed by atoms with Gasteiger partial charge in [-0.25, -0.2) is 0 Å². The summed E-state index contributed by atoms with van der Waals surface area (Å²) in [5.41, 5.74) is 0.206. The fourth-order valence-electron chi connectivity index (χ4n) is 1.13. The van der Waals surface area contributed by atoms with Crippen molar-refractivity contribution in [1.29, 1.82) is 0 Å². The van der Waals surface area contributed by atoms with E-state index < -0.39 is 5.66 Å². The molecule has 0 radical (unpaired) electrons. The van der Waals surface area contributed by atoms with Crippen LogP contribution in [0.2, 0.25) is 0 Å². The molecule has 0 amide bonds. The van der Waals surface area contributed by atoms with E-state index in [0.29, 0.717) is 0 Å². The Morgan fingerprint density at radius 3 is 2.15 bits per heavy atom. The third-order valence-electron chi connectivity index (χ3n) is 2.13. The van der Waals surface area contributed by atoms with E-state index in [1.807, 2.05) is 6.07 Å². The van der Waals surface area contributed by atoms with Crippen LogP contribution in [0.4, 0.5) is 5.69 Å². The van der Waals surface area contributed by atoms with Crippen LogP contribution in [0.3, 0.4) is 0 Å². The van der Waals surface area contributed by atoms with E-state index in [1.54, 1.807) is 0 Å². The molecule has 0 atom stereocenters. The SMILES string of the molecule is CCP(=[Se])(CC)Nc1ccccc1. The number of anilines is 1. The number of benzene rings is 1. The molecule has 0 heterocycles. The second-order valence-corrected chi connectivity index (χ2v) is 10.7. The van der Waals surface area contributed by atoms with Gasteiger partial charge in [-0.2, -0.15) is 0 Å². The minimum atomic E-state index is -1.03. The second-order valence-electron chi connectivity index (χ2n) is 3.00. The molecule has 0 aromatic heterocycles. The van der Waals surface area contributed by atoms with Gasteiger partial charge >= 0.3 is 88.0 Å². The summed E-state index contributed by atoms with van der Waals surface area (Å²) >= 11 is 3.34. The van der Waals surface area contributed by atoms with Crippen LogP contribution in [0.5, 0.6) is 0 Å². The van der Waals surface area contributed by atoms with E-state index in [9.17, 15) is 0 Å². The first kappa shape index (κ1) is 11.0. The maximum atomic E-state index is 3.61. The molecule has 0 bridgehead atoms. The zero-order chi connectivity index (χ0) is 9.73. The Balaban J connectivity index is 2.74. The first-order valence-electron chi connectivity index (χ1n) is 4.61. The number of para-hydroxylation sites is 1. The summed E-state index contributed by atoms with van der Waals surface area (Å²) < 4.78 is 0. The molecule has 3 heteroatoms. The Bertz CT molecular complexity index is 289. The van der Waals surface area contributed by atoms with Crippen LogP contribution in [0.1, 0.15) is 13.8 Å². The summed E-state index contributed by atoms with van der Waals surface area (Å²) in [5, 5.41) is 3.61. The van der Waals surface area contributed by atoms with Gasteiger partial charge in [0.2, 0.25) is 0 Å². The van der Waals surface area contributed by atoms with Crippen LogP contribution in [-0.2, 0) is 0 Å². The Morgan fingerprint density at radius 2 is 1.69 bits per heavy atom. The molecule has 1 rings (SSSR count). The topological polar surface area (TPSA) is 12.0 Å². The first-order valence-corrected chi connectivity index (χ1v) is 8.99. The molecule has 0 saturated heterocycles. The molecular formula is C10H16NPSe. The van der Waals surface area contributed by atoms with Gasteiger partial charge in [-0.15, -0.1) is 0 Å². The van der Waals surface area contributed by atoms with Crippen molar-refractivity contribution in [2.45, 2.75) is 13.8 Å². The van der Waals surface area contributed by atoms with Gasteiger partial charge in [0.15, 0.2) is 0 Å². The van der Waals surface area contributed by atoms with Crippen LogP contribution in [0.25, 0.3) is 0 Å². The molecule has 0 unspecified atom stereocenters. The maximum absolute atomic E-state index is 3.61. The first-order chi connectivity index (χ1) is 6.20. The van der Waals surface area contributed by atoms with Crippen LogP contribution >= 0.6 is 5.66 Å². The van der Waals surface area contributed by atoms with Gasteiger partial charge in [0.1, 0.15) is 0 Å². The van der Waals surface area contributed by atoms with Crippen LogP contribution in [-0.4, -0.2) is 27.4 Å². The second kappa shape index (κ2) is 5.00. The Morgan fingerprint density at radius 1 is 1.15 bits per heavy atom. The fourth-order valence-corrected chi connectivity index (χ4v) is 3.18. The van der Waals surface area contributed by atoms with Gasteiger partial charge in [0, 0.05) is 0 Å². The Hall–Kier alpha value is -0.0305. The molecule has 0 spiro atoms. The third-order valence-corrected chi connectivity index (χ3v) is 8.66. The molecule has 1 nitrogen and oxygen atoms in total. The summed E-state index contributed by atoms with van der Waals surface area (Å²) in [4.78, 5) is 0. The number of hydrogen-bond acceptors (Lipinski definition) is 1. The molecule has 0 fully saturated rings. The van der Waals surface area contributed by atoms with Crippen LogP contribution in [0.15, 0.2) is 30.3 Å². The standard InChI is InChI=1S/C10H16NPSe/c1-3-12(13,4-2)11-10-8-6-5-7-9-10/h5-9H,3-4H2,1-2H3,(H,11,13). The van der Waals surface area contributed by atoms with Crippen molar-refractivity contribution in [3.05, 3.63) is 30.3 Å². The molecule has 0 aliphatic rings. The fraction of sp³-hybridized carbons (Fsp3) is 0.400. The van der Waals surface area contributed by atoms with E-state index >= 15 is 0 Å². The predicted molar refractivity (Wildman–Crippen MR) is 63.8 cm³/mol.